The Bertz CT molecular complexity index is 767. The maximum Gasteiger partial charge on any atom is 0.247 e. The minimum Gasteiger partial charge on any atom is -0.348 e. The summed E-state index contributed by atoms with van der Waals surface area (Å²) in [5.41, 5.74) is 2.23. The van der Waals surface area contributed by atoms with Crippen LogP contribution in [0.2, 0.25) is 5.02 Å². The lowest BCUT2D eigenvalue weighted by molar-refractivity contribution is -0.117. The second-order valence-corrected chi connectivity index (χ2v) is 6.09. The molecule has 0 bridgehead atoms. The molecule has 0 saturated carbocycles. The lowest BCUT2D eigenvalue weighted by Crippen LogP contribution is -2.25. The second kappa shape index (κ2) is 9.14. The Kier molecular flexibility index (Phi) is 6.90. The Morgan fingerprint density at radius 3 is 2.40 bits per heavy atom. The van der Waals surface area contributed by atoms with Crippen LogP contribution in [0, 0.1) is 11.2 Å². The highest BCUT2D eigenvalue weighted by molar-refractivity contribution is 6.30. The first-order valence-electron chi connectivity index (χ1n) is 8.07. The molecule has 0 aliphatic rings. The summed E-state index contributed by atoms with van der Waals surface area (Å²) < 4.78 is 13.0. The highest BCUT2D eigenvalue weighted by Gasteiger charge is 2.10. The van der Waals surface area contributed by atoms with Gasteiger partial charge in [-0.15, -0.1) is 0 Å². The van der Waals surface area contributed by atoms with E-state index in [-0.39, 0.29) is 17.4 Å². The van der Waals surface area contributed by atoms with Crippen molar-refractivity contribution < 1.29 is 9.18 Å². The van der Waals surface area contributed by atoms with E-state index in [4.69, 9.17) is 17.0 Å². The van der Waals surface area contributed by atoms with Crippen molar-refractivity contribution in [3.8, 4) is 0 Å². The van der Waals surface area contributed by atoms with Gasteiger partial charge in [0.1, 0.15) is 5.82 Å². The van der Waals surface area contributed by atoms with Crippen LogP contribution in [0.3, 0.4) is 0 Å². The van der Waals surface area contributed by atoms with E-state index in [2.05, 4.69) is 5.32 Å². The molecule has 0 saturated heterocycles. The smallest absolute Gasteiger partial charge is 0.247 e. The van der Waals surface area contributed by atoms with Crippen molar-refractivity contribution >= 4 is 23.2 Å². The number of carbonyl (C=O) groups excluding carboxylic acids is 1. The standard InChI is InChI=1S/C20H20ClFN2O/c1-2-3-16(12-19(23)15-6-10-18(22)11-7-15)20(25)24-13-14-4-8-17(21)9-5-14/h4-12,23H,2-3,13H2,1H3,(H,24,25)/b16-12-,23-19?. The van der Waals surface area contributed by atoms with Gasteiger partial charge in [0.2, 0.25) is 5.91 Å². The molecule has 0 fully saturated rings. The third-order valence-corrected chi connectivity index (χ3v) is 3.90. The van der Waals surface area contributed by atoms with Crippen LogP contribution in [0.5, 0.6) is 0 Å². The fourth-order valence-corrected chi connectivity index (χ4v) is 2.43. The Morgan fingerprint density at radius 2 is 1.80 bits per heavy atom. The monoisotopic (exact) mass is 358 g/mol. The van der Waals surface area contributed by atoms with Crippen LogP contribution in [0.1, 0.15) is 30.9 Å². The molecule has 3 nitrogen and oxygen atoms in total. The number of nitrogens with one attached hydrogen (secondary N) is 2. The second-order valence-electron chi connectivity index (χ2n) is 5.65. The lowest BCUT2D eigenvalue weighted by Gasteiger charge is -2.09. The van der Waals surface area contributed by atoms with Crippen molar-refractivity contribution in [3.63, 3.8) is 0 Å². The number of amides is 1. The zero-order chi connectivity index (χ0) is 18.2. The van der Waals surface area contributed by atoms with Crippen molar-refractivity contribution in [1.82, 2.24) is 5.32 Å². The van der Waals surface area contributed by atoms with Gasteiger partial charge in [0.25, 0.3) is 0 Å². The van der Waals surface area contributed by atoms with Crippen molar-refractivity contribution in [2.24, 2.45) is 0 Å². The molecule has 0 aromatic heterocycles. The quantitative estimate of drug-likeness (QED) is 0.537. The van der Waals surface area contributed by atoms with Crippen LogP contribution < -0.4 is 5.32 Å². The molecule has 0 unspecified atom stereocenters. The van der Waals surface area contributed by atoms with E-state index in [1.54, 1.807) is 18.2 Å². The Hall–Kier alpha value is -2.46. The van der Waals surface area contributed by atoms with Crippen LogP contribution in [0.25, 0.3) is 0 Å². The fraction of sp³-hybridized carbons (Fsp3) is 0.200. The average Bonchev–Trinajstić information content (AvgIpc) is 2.61. The highest BCUT2D eigenvalue weighted by Crippen LogP contribution is 2.12. The number of halogens is 2. The molecular formula is C20H20ClFN2O. The summed E-state index contributed by atoms with van der Waals surface area (Å²) in [7, 11) is 0. The van der Waals surface area contributed by atoms with E-state index in [1.165, 1.54) is 24.3 Å². The van der Waals surface area contributed by atoms with Gasteiger partial charge in [0.15, 0.2) is 0 Å². The minimum atomic E-state index is -0.352. The number of benzene rings is 2. The van der Waals surface area contributed by atoms with Crippen LogP contribution in [0.4, 0.5) is 4.39 Å². The van der Waals surface area contributed by atoms with E-state index in [1.807, 2.05) is 19.1 Å². The first-order chi connectivity index (χ1) is 12.0. The van der Waals surface area contributed by atoms with Crippen LogP contribution in [-0.2, 0) is 11.3 Å². The molecule has 2 aromatic rings. The minimum absolute atomic E-state index is 0.185. The molecular weight excluding hydrogens is 339 g/mol. The van der Waals surface area contributed by atoms with Gasteiger partial charge in [0, 0.05) is 17.1 Å². The Balaban J connectivity index is 2.07. The zero-order valence-electron chi connectivity index (χ0n) is 14.0. The summed E-state index contributed by atoms with van der Waals surface area (Å²) in [6.45, 7) is 2.36. The maximum atomic E-state index is 13.0. The topological polar surface area (TPSA) is 53.0 Å². The Labute approximate surface area is 152 Å². The first-order valence-corrected chi connectivity index (χ1v) is 8.45. The average molecular weight is 359 g/mol. The third-order valence-electron chi connectivity index (χ3n) is 3.65. The van der Waals surface area contributed by atoms with E-state index in [0.29, 0.717) is 29.1 Å². The van der Waals surface area contributed by atoms with Crippen LogP contribution in [-0.4, -0.2) is 11.6 Å². The number of carbonyl (C=O) groups is 1. The fourth-order valence-electron chi connectivity index (χ4n) is 2.31. The van der Waals surface area contributed by atoms with Gasteiger partial charge < -0.3 is 10.7 Å². The summed E-state index contributed by atoms with van der Waals surface area (Å²) in [5, 5.41) is 11.6. The number of hydrogen-bond donors (Lipinski definition) is 2. The largest absolute Gasteiger partial charge is 0.348 e. The molecule has 0 radical (unpaired) electrons. The molecule has 0 heterocycles. The van der Waals surface area contributed by atoms with Crippen LogP contribution >= 0.6 is 11.6 Å². The normalized spacial score (nSPS) is 11.2. The van der Waals surface area contributed by atoms with Gasteiger partial charge in [-0.3, -0.25) is 4.79 Å². The van der Waals surface area contributed by atoms with Crippen LogP contribution in [0.15, 0.2) is 60.2 Å². The van der Waals surface area contributed by atoms with Crippen molar-refractivity contribution in [2.45, 2.75) is 26.3 Å². The first kappa shape index (κ1) is 18.9. The molecule has 2 aromatic carbocycles. The summed E-state index contributed by atoms with van der Waals surface area (Å²) >= 11 is 5.85. The molecule has 0 atom stereocenters. The van der Waals surface area contributed by atoms with Crippen molar-refractivity contribution in [1.29, 1.82) is 5.41 Å². The van der Waals surface area contributed by atoms with Gasteiger partial charge in [0.05, 0.1) is 5.71 Å². The zero-order valence-corrected chi connectivity index (χ0v) is 14.7. The third kappa shape index (κ3) is 5.84. The number of hydrogen-bond acceptors (Lipinski definition) is 2. The van der Waals surface area contributed by atoms with Gasteiger partial charge in [-0.25, -0.2) is 4.39 Å². The number of rotatable bonds is 7. The van der Waals surface area contributed by atoms with Crippen molar-refractivity contribution in [2.75, 3.05) is 0 Å². The van der Waals surface area contributed by atoms with Gasteiger partial charge in [-0.05, 0) is 60.0 Å². The molecule has 1 amide bonds. The predicted octanol–water partition coefficient (Wildman–Crippen LogP) is 4.89. The van der Waals surface area contributed by atoms with E-state index >= 15 is 0 Å². The SMILES string of the molecule is CCC/C(=C/C(=N)c1ccc(F)cc1)C(=O)NCc1ccc(Cl)cc1. The summed E-state index contributed by atoms with van der Waals surface area (Å²) in [6, 6.07) is 12.9. The van der Waals surface area contributed by atoms with E-state index in [9.17, 15) is 9.18 Å². The molecule has 130 valence electrons. The van der Waals surface area contributed by atoms with E-state index < -0.39 is 0 Å². The van der Waals surface area contributed by atoms with Gasteiger partial charge in [-0.1, -0.05) is 37.1 Å². The van der Waals surface area contributed by atoms with E-state index in [0.717, 1.165) is 12.0 Å². The van der Waals surface area contributed by atoms with Crippen molar-refractivity contribution in [3.05, 3.63) is 82.1 Å². The molecule has 25 heavy (non-hydrogen) atoms. The van der Waals surface area contributed by atoms with Gasteiger partial charge >= 0.3 is 0 Å². The summed E-state index contributed by atoms with van der Waals surface area (Å²) in [6.07, 6.45) is 2.90. The molecule has 0 spiro atoms. The molecule has 0 aliphatic carbocycles. The van der Waals surface area contributed by atoms with Gasteiger partial charge in [-0.2, -0.15) is 0 Å². The molecule has 2 rings (SSSR count). The highest BCUT2D eigenvalue weighted by atomic mass is 35.5. The predicted molar refractivity (Wildman–Crippen MR) is 99.5 cm³/mol. The summed E-state index contributed by atoms with van der Waals surface area (Å²) in [4.78, 5) is 12.4. The lowest BCUT2D eigenvalue weighted by atomic mass is 10.0. The molecule has 2 N–H and O–H groups in total. The maximum absolute atomic E-state index is 13.0. The molecule has 0 aliphatic heterocycles. The Morgan fingerprint density at radius 1 is 1.16 bits per heavy atom. The molecule has 5 heteroatoms. The summed E-state index contributed by atoms with van der Waals surface area (Å²) in [5.74, 6) is -0.557. The number of allylic oxidation sites excluding steroid dienone is 1.